The Bertz CT molecular complexity index is 946. The number of rotatable bonds is 18. The van der Waals surface area contributed by atoms with Gasteiger partial charge < -0.3 is 42.7 Å². The first kappa shape index (κ1) is 32.7. The molecule has 212 valence electrons. The third-order valence-electron chi connectivity index (χ3n) is 5.55. The van der Waals surface area contributed by atoms with E-state index in [1.165, 1.54) is 36.0 Å². The van der Waals surface area contributed by atoms with Crippen LogP contribution in [0, 0.1) is 0 Å². The molecule has 0 fully saturated rings. The predicted octanol–water partition coefficient (Wildman–Crippen LogP) is -0.842. The van der Waals surface area contributed by atoms with E-state index in [1.807, 2.05) is 0 Å². The van der Waals surface area contributed by atoms with Crippen molar-refractivity contribution < 1.29 is 39.3 Å². The molecule has 4 unspecified atom stereocenters. The molecular weight excluding hydrogens is 518 g/mol. The van der Waals surface area contributed by atoms with Gasteiger partial charge in [-0.25, -0.2) is 4.79 Å². The Labute approximate surface area is 225 Å². The van der Waals surface area contributed by atoms with E-state index < -0.39 is 60.2 Å². The maximum absolute atomic E-state index is 13.3. The molecule has 0 aliphatic rings. The van der Waals surface area contributed by atoms with Crippen LogP contribution in [0.1, 0.15) is 37.7 Å². The molecule has 0 bridgehead atoms. The van der Waals surface area contributed by atoms with E-state index in [0.29, 0.717) is 30.7 Å². The Balaban J connectivity index is 3.09. The summed E-state index contributed by atoms with van der Waals surface area (Å²) in [5.41, 5.74) is 11.7. The van der Waals surface area contributed by atoms with Crippen molar-refractivity contribution in [1.29, 1.82) is 0 Å². The van der Waals surface area contributed by atoms with E-state index in [0.717, 1.165) is 0 Å². The summed E-state index contributed by atoms with van der Waals surface area (Å²) < 4.78 is 0. The molecule has 0 spiro atoms. The largest absolute Gasteiger partial charge is 0.508 e. The maximum Gasteiger partial charge on any atom is 0.326 e. The van der Waals surface area contributed by atoms with Crippen molar-refractivity contribution in [1.82, 2.24) is 16.0 Å². The SMILES string of the molecule is CSCCC(NC(=O)C(Cc1ccc(O)cc1)NC(=O)C(N)CC(=O)O)C(=O)NC(CCCCN)C(=O)O. The third kappa shape index (κ3) is 12.3. The Morgan fingerprint density at radius 2 is 1.45 bits per heavy atom. The summed E-state index contributed by atoms with van der Waals surface area (Å²) in [5.74, 6) is -4.34. The Kier molecular flexibility index (Phi) is 14.8. The van der Waals surface area contributed by atoms with E-state index >= 15 is 0 Å². The number of carboxylic acid groups (broad SMARTS) is 2. The minimum atomic E-state index is -1.41. The first-order valence-corrected chi connectivity index (χ1v) is 13.5. The number of hydrogen-bond donors (Lipinski definition) is 8. The van der Waals surface area contributed by atoms with Gasteiger partial charge in [0.05, 0.1) is 12.5 Å². The number of amides is 3. The van der Waals surface area contributed by atoms with Gasteiger partial charge in [-0.2, -0.15) is 11.8 Å². The fourth-order valence-corrected chi connectivity index (χ4v) is 3.91. The highest BCUT2D eigenvalue weighted by molar-refractivity contribution is 7.98. The lowest BCUT2D eigenvalue weighted by Crippen LogP contribution is -2.57. The van der Waals surface area contributed by atoms with Crippen molar-refractivity contribution in [2.45, 2.75) is 62.7 Å². The van der Waals surface area contributed by atoms with E-state index in [9.17, 15) is 34.2 Å². The standard InChI is InChI=1S/C24H37N5O8S/c1-38-11-9-17(22(34)28-18(24(36)37)4-2-3-10-25)27-23(35)19(12-14-5-7-15(30)8-6-14)29-21(33)16(26)13-20(31)32/h5-8,16-19,30H,2-4,9-13,25-26H2,1H3,(H,27,35)(H,28,34)(H,29,33)(H,31,32)(H,36,37). The maximum atomic E-state index is 13.3. The van der Waals surface area contributed by atoms with Gasteiger partial charge in [0.1, 0.15) is 23.9 Å². The van der Waals surface area contributed by atoms with Gasteiger partial charge in [0.2, 0.25) is 17.7 Å². The summed E-state index contributed by atoms with van der Waals surface area (Å²) in [6.07, 6.45) is 2.54. The molecule has 1 rings (SSSR count). The minimum Gasteiger partial charge on any atom is -0.508 e. The van der Waals surface area contributed by atoms with Crippen LogP contribution in [0.4, 0.5) is 0 Å². The molecule has 4 atom stereocenters. The quantitative estimate of drug-likeness (QED) is 0.104. The van der Waals surface area contributed by atoms with Gasteiger partial charge in [-0.3, -0.25) is 19.2 Å². The van der Waals surface area contributed by atoms with Crippen molar-refractivity contribution in [2.75, 3.05) is 18.6 Å². The van der Waals surface area contributed by atoms with Crippen molar-refractivity contribution in [3.05, 3.63) is 29.8 Å². The first-order valence-electron chi connectivity index (χ1n) is 12.1. The lowest BCUT2D eigenvalue weighted by atomic mass is 10.0. The number of benzene rings is 1. The van der Waals surface area contributed by atoms with E-state index in [1.54, 1.807) is 6.26 Å². The molecule has 0 aliphatic carbocycles. The molecule has 1 aromatic carbocycles. The van der Waals surface area contributed by atoms with Crippen molar-refractivity contribution in [3.8, 4) is 5.75 Å². The number of nitrogens with one attached hydrogen (secondary N) is 3. The van der Waals surface area contributed by atoms with Crippen LogP contribution in [0.3, 0.4) is 0 Å². The molecule has 38 heavy (non-hydrogen) atoms. The number of phenols is 1. The highest BCUT2D eigenvalue weighted by atomic mass is 32.2. The minimum absolute atomic E-state index is 0.00415. The topological polar surface area (TPSA) is 234 Å². The molecule has 10 N–H and O–H groups in total. The molecule has 0 heterocycles. The van der Waals surface area contributed by atoms with E-state index in [2.05, 4.69) is 16.0 Å². The van der Waals surface area contributed by atoms with Gasteiger partial charge >= 0.3 is 11.9 Å². The van der Waals surface area contributed by atoms with Crippen molar-refractivity contribution >= 4 is 41.4 Å². The molecule has 0 aromatic heterocycles. The van der Waals surface area contributed by atoms with Gasteiger partial charge in [-0.05, 0) is 61.9 Å². The van der Waals surface area contributed by atoms with Gasteiger partial charge in [-0.1, -0.05) is 12.1 Å². The van der Waals surface area contributed by atoms with Crippen LogP contribution in [-0.4, -0.2) is 87.7 Å². The fraction of sp³-hybridized carbons (Fsp3) is 0.542. The number of nitrogens with two attached hydrogens (primary N) is 2. The molecule has 13 nitrogen and oxygen atoms in total. The number of aliphatic carboxylic acids is 2. The van der Waals surface area contributed by atoms with Crippen LogP contribution in [0.15, 0.2) is 24.3 Å². The second-order valence-corrected chi connectivity index (χ2v) is 9.65. The molecule has 1 aromatic rings. The highest BCUT2D eigenvalue weighted by Crippen LogP contribution is 2.12. The average Bonchev–Trinajstić information content (AvgIpc) is 2.85. The lowest BCUT2D eigenvalue weighted by Gasteiger charge is -2.25. The number of hydrogen-bond acceptors (Lipinski definition) is 9. The zero-order valence-corrected chi connectivity index (χ0v) is 22.0. The normalized spacial score (nSPS) is 14.0. The third-order valence-corrected chi connectivity index (χ3v) is 6.19. The van der Waals surface area contributed by atoms with Gasteiger partial charge in [0.25, 0.3) is 0 Å². The summed E-state index contributed by atoms with van der Waals surface area (Å²) in [4.78, 5) is 61.3. The van der Waals surface area contributed by atoms with Crippen LogP contribution in [-0.2, 0) is 30.4 Å². The molecule has 0 saturated carbocycles. The van der Waals surface area contributed by atoms with Crippen LogP contribution in [0.5, 0.6) is 5.75 Å². The number of aromatic hydroxyl groups is 1. The smallest absolute Gasteiger partial charge is 0.326 e. The number of carbonyl (C=O) groups is 5. The Hall–Kier alpha value is -3.36. The summed E-state index contributed by atoms with van der Waals surface area (Å²) in [6.45, 7) is 0.386. The molecular formula is C24H37N5O8S. The predicted molar refractivity (Wildman–Crippen MR) is 141 cm³/mol. The monoisotopic (exact) mass is 555 g/mol. The zero-order chi connectivity index (χ0) is 28.7. The van der Waals surface area contributed by atoms with Crippen LogP contribution < -0.4 is 27.4 Å². The number of unbranched alkanes of at least 4 members (excludes halogenated alkanes) is 1. The number of phenolic OH excluding ortho intramolecular Hbond substituents is 1. The van der Waals surface area contributed by atoms with Crippen molar-refractivity contribution in [3.63, 3.8) is 0 Å². The van der Waals surface area contributed by atoms with E-state index in [4.69, 9.17) is 16.6 Å². The average molecular weight is 556 g/mol. The van der Waals surface area contributed by atoms with Crippen LogP contribution >= 0.6 is 11.8 Å². The highest BCUT2D eigenvalue weighted by Gasteiger charge is 2.30. The van der Waals surface area contributed by atoms with Crippen molar-refractivity contribution in [2.24, 2.45) is 11.5 Å². The first-order chi connectivity index (χ1) is 18.0. The van der Waals surface area contributed by atoms with Crippen LogP contribution in [0.2, 0.25) is 0 Å². The summed E-state index contributed by atoms with van der Waals surface area (Å²) in [5, 5.41) is 35.4. The Morgan fingerprint density at radius 1 is 0.868 bits per heavy atom. The van der Waals surface area contributed by atoms with E-state index in [-0.39, 0.29) is 25.0 Å². The summed E-state index contributed by atoms with van der Waals surface area (Å²) in [6, 6.07) is 0.953. The Morgan fingerprint density at radius 3 is 2.00 bits per heavy atom. The molecule has 0 saturated heterocycles. The summed E-state index contributed by atoms with van der Waals surface area (Å²) >= 11 is 1.42. The second-order valence-electron chi connectivity index (χ2n) is 8.66. The van der Waals surface area contributed by atoms with Gasteiger partial charge in [-0.15, -0.1) is 0 Å². The van der Waals surface area contributed by atoms with Crippen LogP contribution in [0.25, 0.3) is 0 Å². The molecule has 0 aliphatic heterocycles. The second kappa shape index (κ2) is 17.2. The molecule has 3 amide bonds. The number of carbonyl (C=O) groups excluding carboxylic acids is 3. The number of thioether (sulfide) groups is 1. The lowest BCUT2D eigenvalue weighted by molar-refractivity contribution is -0.142. The van der Waals surface area contributed by atoms with Gasteiger partial charge in [0, 0.05) is 6.42 Å². The molecule has 14 heteroatoms. The zero-order valence-electron chi connectivity index (χ0n) is 21.2. The number of carboxylic acids is 2. The van der Waals surface area contributed by atoms with Gasteiger partial charge in [0.15, 0.2) is 0 Å². The molecule has 0 radical (unpaired) electrons. The summed E-state index contributed by atoms with van der Waals surface area (Å²) in [7, 11) is 0. The fourth-order valence-electron chi connectivity index (χ4n) is 3.44.